The number of aromatic hydroxyl groups is 1. The maximum Gasteiger partial charge on any atom is 0.139 e. The third-order valence-electron chi connectivity index (χ3n) is 2.56. The van der Waals surface area contributed by atoms with Gasteiger partial charge in [0.25, 0.3) is 0 Å². The topological polar surface area (TPSA) is 84.3 Å². The lowest BCUT2D eigenvalue weighted by molar-refractivity contribution is 0.478. The number of hydrogen-bond donors (Lipinski definition) is 4. The Morgan fingerprint density at radius 1 is 1.06 bits per heavy atom. The Balaban J connectivity index is 2.20. The minimum absolute atomic E-state index is 0.169. The lowest BCUT2D eigenvalue weighted by Crippen LogP contribution is -2.03. The molecule has 4 heteroatoms. The molecule has 4 nitrogen and oxygen atoms in total. The minimum atomic E-state index is 0.169. The standard InChI is InChI=1S/C14H15N3O/c15-11-6-2-1-5-10(11)12(16)9-17-13-7-3-4-8-14(13)18/h1-9,17-18H,15-16H2/b12-9-. The van der Waals surface area contributed by atoms with E-state index >= 15 is 0 Å². The van der Waals surface area contributed by atoms with Crippen LogP contribution < -0.4 is 16.8 Å². The van der Waals surface area contributed by atoms with Crippen LogP contribution >= 0.6 is 0 Å². The maximum atomic E-state index is 9.59. The van der Waals surface area contributed by atoms with Crippen LogP contribution in [0.15, 0.2) is 54.7 Å². The molecule has 0 aromatic heterocycles. The molecule has 0 aliphatic rings. The summed E-state index contributed by atoms with van der Waals surface area (Å²) in [6.07, 6.45) is 1.61. The zero-order valence-electron chi connectivity index (χ0n) is 9.80. The summed E-state index contributed by atoms with van der Waals surface area (Å²) in [6, 6.07) is 14.3. The zero-order chi connectivity index (χ0) is 13.0. The summed E-state index contributed by atoms with van der Waals surface area (Å²) in [5.74, 6) is 0.169. The van der Waals surface area contributed by atoms with Crippen LogP contribution in [0.4, 0.5) is 11.4 Å². The van der Waals surface area contributed by atoms with Crippen molar-refractivity contribution >= 4 is 17.1 Å². The zero-order valence-corrected chi connectivity index (χ0v) is 9.80. The Labute approximate surface area is 106 Å². The van der Waals surface area contributed by atoms with Crippen LogP contribution in [-0.4, -0.2) is 5.11 Å². The van der Waals surface area contributed by atoms with E-state index in [0.717, 1.165) is 5.56 Å². The number of nitrogen functional groups attached to an aromatic ring is 1. The first kappa shape index (κ1) is 11.9. The molecule has 0 bridgehead atoms. The van der Waals surface area contributed by atoms with E-state index in [1.54, 1.807) is 30.5 Å². The van der Waals surface area contributed by atoms with E-state index in [1.165, 1.54) is 0 Å². The fraction of sp³-hybridized carbons (Fsp3) is 0. The monoisotopic (exact) mass is 241 g/mol. The molecule has 0 aliphatic carbocycles. The van der Waals surface area contributed by atoms with Crippen molar-refractivity contribution in [3.8, 4) is 5.75 Å². The first-order valence-corrected chi connectivity index (χ1v) is 5.53. The van der Waals surface area contributed by atoms with Gasteiger partial charge in [0.05, 0.1) is 11.4 Å². The Morgan fingerprint density at radius 2 is 1.72 bits per heavy atom. The molecule has 18 heavy (non-hydrogen) atoms. The number of anilines is 2. The van der Waals surface area contributed by atoms with E-state index in [9.17, 15) is 5.11 Å². The smallest absolute Gasteiger partial charge is 0.139 e. The van der Waals surface area contributed by atoms with E-state index in [1.807, 2.05) is 24.3 Å². The second kappa shape index (κ2) is 5.14. The molecule has 2 aromatic carbocycles. The van der Waals surface area contributed by atoms with E-state index in [-0.39, 0.29) is 5.75 Å². The van der Waals surface area contributed by atoms with E-state index < -0.39 is 0 Å². The Bertz CT molecular complexity index is 579. The van der Waals surface area contributed by atoms with Crippen molar-refractivity contribution in [3.05, 3.63) is 60.3 Å². The van der Waals surface area contributed by atoms with Gasteiger partial charge in [-0.3, -0.25) is 0 Å². The van der Waals surface area contributed by atoms with Crippen LogP contribution in [0.1, 0.15) is 5.56 Å². The highest BCUT2D eigenvalue weighted by Gasteiger charge is 2.01. The van der Waals surface area contributed by atoms with Crippen LogP contribution in [0.2, 0.25) is 0 Å². The van der Waals surface area contributed by atoms with Gasteiger partial charge in [-0.25, -0.2) is 0 Å². The SMILES string of the molecule is N/C(=C\Nc1ccccc1O)c1ccccc1N. The van der Waals surface area contributed by atoms with Crippen molar-refractivity contribution in [1.29, 1.82) is 0 Å². The van der Waals surface area contributed by atoms with Crippen LogP contribution in [-0.2, 0) is 0 Å². The van der Waals surface area contributed by atoms with E-state index in [0.29, 0.717) is 17.1 Å². The normalized spacial score (nSPS) is 11.2. The average molecular weight is 241 g/mol. The minimum Gasteiger partial charge on any atom is -0.506 e. The lowest BCUT2D eigenvalue weighted by Gasteiger charge is -2.07. The molecule has 0 atom stereocenters. The van der Waals surface area contributed by atoms with Gasteiger partial charge in [-0.05, 0) is 18.2 Å². The van der Waals surface area contributed by atoms with Gasteiger partial charge < -0.3 is 21.9 Å². The van der Waals surface area contributed by atoms with E-state index in [2.05, 4.69) is 5.32 Å². The van der Waals surface area contributed by atoms with Crippen LogP contribution in [0.3, 0.4) is 0 Å². The summed E-state index contributed by atoms with van der Waals surface area (Å²) >= 11 is 0. The first-order chi connectivity index (χ1) is 8.68. The number of hydrogen-bond acceptors (Lipinski definition) is 4. The van der Waals surface area contributed by atoms with Crippen LogP contribution in [0.5, 0.6) is 5.75 Å². The van der Waals surface area contributed by atoms with Gasteiger partial charge in [-0.2, -0.15) is 0 Å². The quantitative estimate of drug-likeness (QED) is 0.491. The van der Waals surface area contributed by atoms with Crippen molar-refractivity contribution in [3.63, 3.8) is 0 Å². The van der Waals surface area contributed by atoms with Crippen molar-refractivity contribution < 1.29 is 5.11 Å². The van der Waals surface area contributed by atoms with Crippen molar-refractivity contribution in [2.45, 2.75) is 0 Å². The number of nitrogens with two attached hydrogens (primary N) is 2. The van der Waals surface area contributed by atoms with Crippen molar-refractivity contribution in [2.24, 2.45) is 5.73 Å². The number of rotatable bonds is 3. The molecule has 0 saturated heterocycles. The summed E-state index contributed by atoms with van der Waals surface area (Å²) < 4.78 is 0. The summed E-state index contributed by atoms with van der Waals surface area (Å²) in [4.78, 5) is 0. The summed E-state index contributed by atoms with van der Waals surface area (Å²) in [5.41, 5.74) is 14.2. The molecule has 0 aliphatic heterocycles. The molecular formula is C14H15N3O. The molecule has 0 heterocycles. The van der Waals surface area contributed by atoms with Gasteiger partial charge in [0, 0.05) is 17.5 Å². The number of nitrogens with one attached hydrogen (secondary N) is 1. The largest absolute Gasteiger partial charge is 0.506 e. The third kappa shape index (κ3) is 2.55. The molecule has 6 N–H and O–H groups in total. The Kier molecular flexibility index (Phi) is 3.38. The highest BCUT2D eigenvalue weighted by Crippen LogP contribution is 2.23. The molecule has 0 saturated carbocycles. The number of phenolic OH excluding ortho intramolecular Hbond substituents is 1. The fourth-order valence-electron chi connectivity index (χ4n) is 1.59. The summed E-state index contributed by atoms with van der Waals surface area (Å²) in [6.45, 7) is 0. The highest BCUT2D eigenvalue weighted by atomic mass is 16.3. The number of benzene rings is 2. The fourth-order valence-corrected chi connectivity index (χ4v) is 1.59. The van der Waals surface area contributed by atoms with Crippen LogP contribution in [0.25, 0.3) is 5.70 Å². The number of phenols is 1. The van der Waals surface area contributed by atoms with Gasteiger partial charge >= 0.3 is 0 Å². The van der Waals surface area contributed by atoms with Gasteiger partial charge in [0.15, 0.2) is 0 Å². The lowest BCUT2D eigenvalue weighted by atomic mass is 10.1. The first-order valence-electron chi connectivity index (χ1n) is 5.53. The Morgan fingerprint density at radius 3 is 2.44 bits per heavy atom. The predicted octanol–water partition coefficient (Wildman–Crippen LogP) is 2.34. The third-order valence-corrected chi connectivity index (χ3v) is 2.56. The van der Waals surface area contributed by atoms with Crippen molar-refractivity contribution in [1.82, 2.24) is 0 Å². The molecule has 0 spiro atoms. The predicted molar refractivity (Wildman–Crippen MR) is 74.7 cm³/mol. The molecule has 2 rings (SSSR count). The van der Waals surface area contributed by atoms with E-state index in [4.69, 9.17) is 11.5 Å². The highest BCUT2D eigenvalue weighted by molar-refractivity contribution is 5.74. The average Bonchev–Trinajstić information content (AvgIpc) is 2.38. The molecular weight excluding hydrogens is 226 g/mol. The molecule has 0 unspecified atom stereocenters. The van der Waals surface area contributed by atoms with Gasteiger partial charge in [0.2, 0.25) is 0 Å². The second-order valence-corrected chi connectivity index (χ2v) is 3.85. The van der Waals surface area contributed by atoms with Gasteiger partial charge in [0.1, 0.15) is 5.75 Å². The van der Waals surface area contributed by atoms with Gasteiger partial charge in [-0.1, -0.05) is 30.3 Å². The maximum absolute atomic E-state index is 9.59. The molecule has 0 fully saturated rings. The molecule has 92 valence electrons. The van der Waals surface area contributed by atoms with Crippen LogP contribution in [0, 0.1) is 0 Å². The molecule has 2 aromatic rings. The summed E-state index contributed by atoms with van der Waals surface area (Å²) in [5, 5.41) is 12.5. The molecule has 0 amide bonds. The van der Waals surface area contributed by atoms with Crippen molar-refractivity contribution in [2.75, 3.05) is 11.1 Å². The Hall–Kier alpha value is -2.62. The summed E-state index contributed by atoms with van der Waals surface area (Å²) in [7, 11) is 0. The molecule has 0 radical (unpaired) electrons. The van der Waals surface area contributed by atoms with Gasteiger partial charge in [-0.15, -0.1) is 0 Å². The second-order valence-electron chi connectivity index (χ2n) is 3.85. The number of para-hydroxylation sites is 3.